The van der Waals surface area contributed by atoms with Gasteiger partial charge in [0.1, 0.15) is 6.33 Å². The van der Waals surface area contributed by atoms with Crippen LogP contribution < -0.4 is 10.2 Å². The van der Waals surface area contributed by atoms with Crippen molar-refractivity contribution in [3.63, 3.8) is 0 Å². The largest absolute Gasteiger partial charge is 0.364 e. The quantitative estimate of drug-likeness (QED) is 0.669. The monoisotopic (exact) mass is 277 g/mol. The van der Waals surface area contributed by atoms with E-state index < -0.39 is 0 Å². The number of rotatable bonds is 4. The average Bonchev–Trinajstić information content (AvgIpc) is 2.99. The van der Waals surface area contributed by atoms with Crippen LogP contribution in [0.1, 0.15) is 26.2 Å². The van der Waals surface area contributed by atoms with Gasteiger partial charge in [-0.15, -0.1) is 0 Å². The molecule has 0 radical (unpaired) electrons. The molecule has 0 bridgehead atoms. The van der Waals surface area contributed by atoms with Gasteiger partial charge in [-0.2, -0.15) is 0 Å². The van der Waals surface area contributed by atoms with E-state index in [0.29, 0.717) is 30.0 Å². The summed E-state index contributed by atoms with van der Waals surface area (Å²) in [5, 5.41) is 14.3. The molecule has 0 aromatic carbocycles. The molecule has 1 saturated carbocycles. The van der Waals surface area contributed by atoms with Crippen LogP contribution >= 0.6 is 0 Å². The number of fused-ring (bicyclic) bond motifs is 1. The molecule has 0 amide bonds. The normalized spacial score (nSPS) is 24.8. The van der Waals surface area contributed by atoms with Crippen LogP contribution in [0.4, 0.5) is 17.3 Å². The van der Waals surface area contributed by atoms with Gasteiger partial charge < -0.3 is 10.2 Å². The molecular weight excluding hydrogens is 258 g/mol. The lowest BCUT2D eigenvalue weighted by molar-refractivity contribution is -0.383. The molecule has 2 heterocycles. The molecule has 3 rings (SSSR count). The molecule has 2 aliphatic rings. The molecule has 7 nitrogen and oxygen atoms in total. The van der Waals surface area contributed by atoms with Gasteiger partial charge in [0.25, 0.3) is 0 Å². The maximum Gasteiger partial charge on any atom is 0.353 e. The Morgan fingerprint density at radius 2 is 2.10 bits per heavy atom. The molecule has 108 valence electrons. The Bertz CT molecular complexity index is 509. The van der Waals surface area contributed by atoms with Gasteiger partial charge in [-0.05, 0) is 31.6 Å². The highest BCUT2D eigenvalue weighted by Crippen LogP contribution is 2.42. The Morgan fingerprint density at radius 3 is 2.70 bits per heavy atom. The van der Waals surface area contributed by atoms with Crippen LogP contribution in [0.15, 0.2) is 6.33 Å². The van der Waals surface area contributed by atoms with Gasteiger partial charge in [-0.25, -0.2) is 9.97 Å². The number of nitro groups is 1. The molecule has 7 heteroatoms. The van der Waals surface area contributed by atoms with Crippen LogP contribution in [0.2, 0.25) is 0 Å². The maximum atomic E-state index is 11.4. The molecule has 1 aromatic rings. The lowest BCUT2D eigenvalue weighted by atomic mass is 10.0. The molecule has 2 atom stereocenters. The minimum Gasteiger partial charge on any atom is -0.364 e. The molecule has 1 N–H and O–H groups in total. The standard InChI is InChI=1S/C13H19N5O2/c1-2-14-12-11(18(19)20)13(16-8-15-12)17-6-9-4-3-5-10(9)7-17/h8-10H,2-7H2,1H3,(H,14,15,16). The summed E-state index contributed by atoms with van der Waals surface area (Å²) in [6.07, 6.45) is 5.17. The minimum absolute atomic E-state index is 0.00863. The molecule has 0 spiro atoms. The zero-order valence-electron chi connectivity index (χ0n) is 11.6. The highest BCUT2D eigenvalue weighted by molar-refractivity contribution is 5.70. The summed E-state index contributed by atoms with van der Waals surface area (Å²) in [6.45, 7) is 4.26. The molecule has 2 fully saturated rings. The second-order valence-corrected chi connectivity index (χ2v) is 5.54. The van der Waals surface area contributed by atoms with E-state index in [9.17, 15) is 10.1 Å². The van der Waals surface area contributed by atoms with Crippen LogP contribution in [0.5, 0.6) is 0 Å². The molecular formula is C13H19N5O2. The van der Waals surface area contributed by atoms with Crippen LogP contribution in [0, 0.1) is 22.0 Å². The Balaban J connectivity index is 1.93. The van der Waals surface area contributed by atoms with Crippen LogP contribution in [-0.2, 0) is 0 Å². The fraction of sp³-hybridized carbons (Fsp3) is 0.692. The van der Waals surface area contributed by atoms with Crippen molar-refractivity contribution in [2.24, 2.45) is 11.8 Å². The van der Waals surface area contributed by atoms with E-state index in [1.165, 1.54) is 25.6 Å². The SMILES string of the molecule is CCNc1ncnc(N2CC3CCCC3C2)c1[N+](=O)[O-]. The third kappa shape index (κ3) is 2.17. The highest BCUT2D eigenvalue weighted by Gasteiger charge is 2.39. The van der Waals surface area contributed by atoms with Crippen molar-refractivity contribution in [1.82, 2.24) is 9.97 Å². The summed E-state index contributed by atoms with van der Waals surface area (Å²) in [7, 11) is 0. The van der Waals surface area contributed by atoms with Crippen LogP contribution in [-0.4, -0.2) is 34.5 Å². The summed E-state index contributed by atoms with van der Waals surface area (Å²) >= 11 is 0. The fourth-order valence-corrected chi connectivity index (χ4v) is 3.47. The first kappa shape index (κ1) is 13.1. The summed E-state index contributed by atoms with van der Waals surface area (Å²) < 4.78 is 0. The van der Waals surface area contributed by atoms with Gasteiger partial charge >= 0.3 is 5.69 Å². The molecule has 20 heavy (non-hydrogen) atoms. The average molecular weight is 277 g/mol. The van der Waals surface area contributed by atoms with Crippen LogP contribution in [0.25, 0.3) is 0 Å². The van der Waals surface area contributed by atoms with Gasteiger partial charge in [-0.1, -0.05) is 6.42 Å². The maximum absolute atomic E-state index is 11.4. The van der Waals surface area contributed by atoms with Crippen molar-refractivity contribution >= 4 is 17.3 Å². The lowest BCUT2D eigenvalue weighted by Crippen LogP contribution is -2.23. The van der Waals surface area contributed by atoms with Crippen molar-refractivity contribution in [2.75, 3.05) is 29.9 Å². The smallest absolute Gasteiger partial charge is 0.353 e. The fourth-order valence-electron chi connectivity index (χ4n) is 3.47. The Hall–Kier alpha value is -1.92. The van der Waals surface area contributed by atoms with Crippen molar-refractivity contribution in [3.05, 3.63) is 16.4 Å². The van der Waals surface area contributed by atoms with Crippen molar-refractivity contribution < 1.29 is 4.92 Å². The Labute approximate surface area is 117 Å². The van der Waals surface area contributed by atoms with E-state index in [1.54, 1.807) is 0 Å². The molecule has 1 aromatic heterocycles. The third-order valence-electron chi connectivity index (χ3n) is 4.36. The van der Waals surface area contributed by atoms with Gasteiger partial charge in [0.05, 0.1) is 4.92 Å². The molecule has 1 aliphatic carbocycles. The number of anilines is 2. The van der Waals surface area contributed by atoms with Crippen molar-refractivity contribution in [2.45, 2.75) is 26.2 Å². The summed E-state index contributed by atoms with van der Waals surface area (Å²) in [6, 6.07) is 0. The minimum atomic E-state index is -0.374. The Kier molecular flexibility index (Phi) is 3.42. The number of nitrogens with zero attached hydrogens (tertiary/aromatic N) is 4. The van der Waals surface area contributed by atoms with E-state index in [4.69, 9.17) is 0 Å². The van der Waals surface area contributed by atoms with E-state index in [2.05, 4.69) is 20.2 Å². The summed E-state index contributed by atoms with van der Waals surface area (Å²) in [5.41, 5.74) is 0.00863. The predicted octanol–water partition coefficient (Wildman–Crippen LogP) is 2.05. The van der Waals surface area contributed by atoms with E-state index in [-0.39, 0.29) is 10.6 Å². The topological polar surface area (TPSA) is 84.2 Å². The zero-order valence-corrected chi connectivity index (χ0v) is 11.6. The third-order valence-corrected chi connectivity index (χ3v) is 4.36. The first-order valence-electron chi connectivity index (χ1n) is 7.19. The molecule has 2 unspecified atom stereocenters. The predicted molar refractivity (Wildman–Crippen MR) is 75.9 cm³/mol. The second kappa shape index (κ2) is 5.22. The molecule has 1 aliphatic heterocycles. The zero-order chi connectivity index (χ0) is 14.1. The highest BCUT2D eigenvalue weighted by atomic mass is 16.6. The van der Waals surface area contributed by atoms with Gasteiger partial charge in [0, 0.05) is 19.6 Å². The number of hydrogen-bond acceptors (Lipinski definition) is 6. The molecule has 1 saturated heterocycles. The van der Waals surface area contributed by atoms with E-state index in [1.807, 2.05) is 6.92 Å². The lowest BCUT2D eigenvalue weighted by Gasteiger charge is -2.18. The summed E-state index contributed by atoms with van der Waals surface area (Å²) in [5.74, 6) is 2.13. The van der Waals surface area contributed by atoms with Gasteiger partial charge in [0.2, 0.25) is 11.6 Å². The Morgan fingerprint density at radius 1 is 1.40 bits per heavy atom. The first-order chi connectivity index (χ1) is 9.70. The summed E-state index contributed by atoms with van der Waals surface area (Å²) in [4.78, 5) is 21.3. The number of nitrogens with one attached hydrogen (secondary N) is 1. The van der Waals surface area contributed by atoms with Gasteiger partial charge in [-0.3, -0.25) is 10.1 Å². The van der Waals surface area contributed by atoms with Crippen LogP contribution in [0.3, 0.4) is 0 Å². The number of aromatic nitrogens is 2. The van der Waals surface area contributed by atoms with Crippen molar-refractivity contribution in [3.8, 4) is 0 Å². The number of hydrogen-bond donors (Lipinski definition) is 1. The second-order valence-electron chi connectivity index (χ2n) is 5.54. The van der Waals surface area contributed by atoms with Crippen molar-refractivity contribution in [1.29, 1.82) is 0 Å². The van der Waals surface area contributed by atoms with E-state index >= 15 is 0 Å². The first-order valence-corrected chi connectivity index (χ1v) is 7.19. The van der Waals surface area contributed by atoms with E-state index in [0.717, 1.165) is 13.1 Å². The van der Waals surface area contributed by atoms with Gasteiger partial charge in [0.15, 0.2) is 0 Å².